The first kappa shape index (κ1) is 18.1. The van der Waals surface area contributed by atoms with Crippen LogP contribution >= 0.6 is 0 Å². The normalized spacial score (nSPS) is 10.3. The molecule has 0 atom stereocenters. The highest BCUT2D eigenvalue weighted by molar-refractivity contribution is 5.93. The Labute approximate surface area is 156 Å². The molecular weight excluding hydrogens is 346 g/mol. The second-order valence-corrected chi connectivity index (χ2v) is 5.89. The second kappa shape index (κ2) is 8.61. The number of ether oxygens (including phenoxy) is 1. The zero-order valence-corrected chi connectivity index (χ0v) is 14.8. The molecule has 2 N–H and O–H groups in total. The van der Waals surface area contributed by atoms with Gasteiger partial charge in [-0.25, -0.2) is 4.68 Å². The summed E-state index contributed by atoms with van der Waals surface area (Å²) in [7, 11) is 0. The number of aryl methyl sites for hydroxylation is 1. The number of amides is 2. The van der Waals surface area contributed by atoms with Crippen molar-refractivity contribution < 1.29 is 14.3 Å². The zero-order valence-electron chi connectivity index (χ0n) is 14.8. The Morgan fingerprint density at radius 2 is 1.78 bits per heavy atom. The Morgan fingerprint density at radius 3 is 2.52 bits per heavy atom. The number of carbonyl (C=O) groups is 2. The molecule has 0 bridgehead atoms. The van der Waals surface area contributed by atoms with E-state index in [1.807, 2.05) is 49.4 Å². The van der Waals surface area contributed by atoms with Gasteiger partial charge in [0.05, 0.1) is 12.7 Å². The highest BCUT2D eigenvalue weighted by Crippen LogP contribution is 2.10. The molecule has 0 saturated carbocycles. The number of hydrogen-bond donors (Lipinski definition) is 2. The number of hydrazine groups is 1. The van der Waals surface area contributed by atoms with Gasteiger partial charge in [-0.3, -0.25) is 20.4 Å². The van der Waals surface area contributed by atoms with Gasteiger partial charge in [0.25, 0.3) is 11.8 Å². The first-order valence-electron chi connectivity index (χ1n) is 8.33. The van der Waals surface area contributed by atoms with Crippen LogP contribution in [0.4, 0.5) is 0 Å². The van der Waals surface area contributed by atoms with Crippen LogP contribution in [-0.4, -0.2) is 33.4 Å². The van der Waals surface area contributed by atoms with E-state index >= 15 is 0 Å². The van der Waals surface area contributed by atoms with Crippen LogP contribution in [0.15, 0.2) is 60.8 Å². The van der Waals surface area contributed by atoms with E-state index in [0.717, 1.165) is 11.1 Å². The van der Waals surface area contributed by atoms with Gasteiger partial charge in [0.1, 0.15) is 5.75 Å². The standard InChI is InChI=1S/C19H19N5O3/c1-14-7-9-16(10-8-14)27-13-18(25)21-22-19(26)17-12-24(23-20-17)11-15-5-3-2-4-6-15/h2-10,12H,11,13H2,1H3,(H,21,25)(H,22,26). The van der Waals surface area contributed by atoms with Gasteiger partial charge >= 0.3 is 0 Å². The molecule has 0 unspecified atom stereocenters. The summed E-state index contributed by atoms with van der Waals surface area (Å²) in [6.07, 6.45) is 1.51. The van der Waals surface area contributed by atoms with Crippen molar-refractivity contribution in [3.8, 4) is 5.75 Å². The molecule has 2 amide bonds. The lowest BCUT2D eigenvalue weighted by atomic mass is 10.2. The molecule has 27 heavy (non-hydrogen) atoms. The number of nitrogens with one attached hydrogen (secondary N) is 2. The van der Waals surface area contributed by atoms with E-state index in [9.17, 15) is 9.59 Å². The van der Waals surface area contributed by atoms with E-state index in [0.29, 0.717) is 12.3 Å². The van der Waals surface area contributed by atoms with Gasteiger partial charge < -0.3 is 4.74 Å². The second-order valence-electron chi connectivity index (χ2n) is 5.89. The lowest BCUT2D eigenvalue weighted by Gasteiger charge is -2.08. The highest BCUT2D eigenvalue weighted by atomic mass is 16.5. The number of aromatic nitrogens is 3. The first-order valence-corrected chi connectivity index (χ1v) is 8.33. The molecule has 8 heteroatoms. The molecule has 0 saturated heterocycles. The third-order valence-electron chi connectivity index (χ3n) is 3.67. The molecule has 0 aliphatic rings. The van der Waals surface area contributed by atoms with Crippen molar-refractivity contribution in [1.82, 2.24) is 25.8 Å². The van der Waals surface area contributed by atoms with Crippen LogP contribution in [0.25, 0.3) is 0 Å². The van der Waals surface area contributed by atoms with Crippen molar-refractivity contribution in [2.45, 2.75) is 13.5 Å². The Balaban J connectivity index is 1.44. The summed E-state index contributed by atoms with van der Waals surface area (Å²) in [5, 5.41) is 7.72. The molecule has 1 heterocycles. The van der Waals surface area contributed by atoms with Crippen LogP contribution in [0.2, 0.25) is 0 Å². The predicted octanol–water partition coefficient (Wildman–Crippen LogP) is 1.47. The lowest BCUT2D eigenvalue weighted by molar-refractivity contribution is -0.123. The topological polar surface area (TPSA) is 98.1 Å². The van der Waals surface area contributed by atoms with Crippen molar-refractivity contribution in [2.75, 3.05) is 6.61 Å². The maximum atomic E-state index is 12.0. The van der Waals surface area contributed by atoms with Crippen molar-refractivity contribution in [3.05, 3.63) is 77.6 Å². The fraction of sp³-hybridized carbons (Fsp3) is 0.158. The number of hydrogen-bond acceptors (Lipinski definition) is 5. The Bertz CT molecular complexity index is 907. The van der Waals surface area contributed by atoms with Gasteiger partial charge in [0.15, 0.2) is 12.3 Å². The van der Waals surface area contributed by atoms with Gasteiger partial charge in [0.2, 0.25) is 0 Å². The minimum atomic E-state index is -0.557. The van der Waals surface area contributed by atoms with E-state index < -0.39 is 11.8 Å². The van der Waals surface area contributed by atoms with Crippen LogP contribution in [-0.2, 0) is 11.3 Å². The summed E-state index contributed by atoms with van der Waals surface area (Å²) in [5.41, 5.74) is 6.80. The fourth-order valence-corrected chi connectivity index (χ4v) is 2.26. The average Bonchev–Trinajstić information content (AvgIpc) is 3.15. The minimum absolute atomic E-state index is 0.102. The van der Waals surface area contributed by atoms with Crippen molar-refractivity contribution in [3.63, 3.8) is 0 Å². The lowest BCUT2D eigenvalue weighted by Crippen LogP contribution is -2.44. The van der Waals surface area contributed by atoms with Gasteiger partial charge in [-0.05, 0) is 24.6 Å². The van der Waals surface area contributed by atoms with E-state index in [2.05, 4.69) is 21.2 Å². The fourth-order valence-electron chi connectivity index (χ4n) is 2.26. The monoisotopic (exact) mass is 365 g/mol. The maximum Gasteiger partial charge on any atom is 0.291 e. The summed E-state index contributed by atoms with van der Waals surface area (Å²) in [4.78, 5) is 23.8. The van der Waals surface area contributed by atoms with Crippen molar-refractivity contribution >= 4 is 11.8 Å². The summed E-state index contributed by atoms with van der Waals surface area (Å²) < 4.78 is 6.88. The number of carbonyl (C=O) groups excluding carboxylic acids is 2. The molecule has 0 aliphatic heterocycles. The predicted molar refractivity (Wildman–Crippen MR) is 97.8 cm³/mol. The van der Waals surface area contributed by atoms with Crippen LogP contribution in [0, 0.1) is 6.92 Å². The van der Waals surface area contributed by atoms with Gasteiger partial charge in [-0.1, -0.05) is 53.2 Å². The number of benzene rings is 2. The third kappa shape index (κ3) is 5.40. The Kier molecular flexibility index (Phi) is 5.78. The van der Waals surface area contributed by atoms with Crippen LogP contribution in [0.5, 0.6) is 5.75 Å². The van der Waals surface area contributed by atoms with Crippen molar-refractivity contribution in [1.29, 1.82) is 0 Å². The summed E-state index contributed by atoms with van der Waals surface area (Å²) in [5.74, 6) is -0.468. The van der Waals surface area contributed by atoms with E-state index in [1.165, 1.54) is 6.20 Å². The zero-order chi connectivity index (χ0) is 19.1. The van der Waals surface area contributed by atoms with Crippen molar-refractivity contribution in [2.24, 2.45) is 0 Å². The SMILES string of the molecule is Cc1ccc(OCC(=O)NNC(=O)c2cn(Cc3ccccc3)nn2)cc1. The summed E-state index contributed by atoms with van der Waals surface area (Å²) in [6, 6.07) is 17.0. The molecule has 0 fully saturated rings. The molecule has 138 valence electrons. The molecule has 1 aromatic heterocycles. The first-order chi connectivity index (χ1) is 13.1. The number of nitrogens with zero attached hydrogens (tertiary/aromatic N) is 3. The minimum Gasteiger partial charge on any atom is -0.484 e. The van der Waals surface area contributed by atoms with Crippen LogP contribution in [0.3, 0.4) is 0 Å². The molecule has 3 aromatic rings. The molecule has 8 nitrogen and oxygen atoms in total. The number of rotatable bonds is 6. The highest BCUT2D eigenvalue weighted by Gasteiger charge is 2.12. The van der Waals surface area contributed by atoms with Crippen LogP contribution < -0.4 is 15.6 Å². The molecule has 2 aromatic carbocycles. The van der Waals surface area contributed by atoms with Gasteiger partial charge in [-0.2, -0.15) is 0 Å². The van der Waals surface area contributed by atoms with E-state index in [1.54, 1.807) is 16.8 Å². The summed E-state index contributed by atoms with van der Waals surface area (Å²) >= 11 is 0. The maximum absolute atomic E-state index is 12.0. The van der Waals surface area contributed by atoms with E-state index in [4.69, 9.17) is 4.74 Å². The largest absolute Gasteiger partial charge is 0.484 e. The van der Waals surface area contributed by atoms with Gasteiger partial charge in [0, 0.05) is 0 Å². The Morgan fingerprint density at radius 1 is 1.04 bits per heavy atom. The van der Waals surface area contributed by atoms with E-state index in [-0.39, 0.29) is 12.3 Å². The molecule has 0 aliphatic carbocycles. The molecule has 0 radical (unpaired) electrons. The average molecular weight is 365 g/mol. The third-order valence-corrected chi connectivity index (χ3v) is 3.67. The Hall–Kier alpha value is -3.68. The van der Waals surface area contributed by atoms with Gasteiger partial charge in [-0.15, -0.1) is 5.10 Å². The molecule has 3 rings (SSSR count). The smallest absolute Gasteiger partial charge is 0.291 e. The van der Waals surface area contributed by atoms with Crippen LogP contribution in [0.1, 0.15) is 21.6 Å². The molecular formula is C19H19N5O3. The summed E-state index contributed by atoms with van der Waals surface area (Å²) in [6.45, 7) is 2.24. The quantitative estimate of drug-likeness (QED) is 0.645. The molecule has 0 spiro atoms.